The second-order valence-electron chi connectivity index (χ2n) is 5.45. The molecule has 0 fully saturated rings. The predicted octanol–water partition coefficient (Wildman–Crippen LogP) is 3.29. The lowest BCUT2D eigenvalue weighted by Gasteiger charge is -2.18. The molecule has 0 aliphatic rings. The van der Waals surface area contributed by atoms with Gasteiger partial charge in [-0.15, -0.1) is 0 Å². The predicted molar refractivity (Wildman–Crippen MR) is 98.1 cm³/mol. The van der Waals surface area contributed by atoms with Gasteiger partial charge in [-0.2, -0.15) is 0 Å². The zero-order valence-corrected chi connectivity index (χ0v) is 15.5. The van der Waals surface area contributed by atoms with Crippen molar-refractivity contribution < 1.29 is 17.9 Å². The van der Waals surface area contributed by atoms with Crippen molar-refractivity contribution in [3.8, 4) is 5.75 Å². The number of anilines is 1. The highest BCUT2D eigenvalue weighted by Gasteiger charge is 2.10. The molecule has 2 amide bonds. The third kappa shape index (κ3) is 5.95. The fraction of sp³-hybridized carbons (Fsp3) is 0.235. The van der Waals surface area contributed by atoms with Gasteiger partial charge in [-0.3, -0.25) is 0 Å². The molecule has 0 heterocycles. The highest BCUT2D eigenvalue weighted by atomic mass is 35.5. The molecule has 0 aliphatic heterocycles. The lowest BCUT2D eigenvalue weighted by atomic mass is 10.3. The maximum Gasteiger partial charge on any atom is 0.321 e. The Morgan fingerprint density at radius 3 is 2.28 bits per heavy atom. The standard InChI is InChI=1S/C17H19ClN2O4S/c1-20(11-12-24-15-7-3-13(18)4-8-15)17(21)19-14-5-9-16(10-6-14)25(2,22)23/h3-10H,11-12H2,1-2H3,(H,19,21). The van der Waals surface area contributed by atoms with E-state index >= 15 is 0 Å². The molecular weight excluding hydrogens is 364 g/mol. The first-order chi connectivity index (χ1) is 11.8. The van der Waals surface area contributed by atoms with E-state index in [-0.39, 0.29) is 10.9 Å². The minimum atomic E-state index is -3.25. The van der Waals surface area contributed by atoms with E-state index in [2.05, 4.69) is 5.32 Å². The van der Waals surface area contributed by atoms with Gasteiger partial charge in [-0.1, -0.05) is 11.6 Å². The number of rotatable bonds is 6. The van der Waals surface area contributed by atoms with Crippen molar-refractivity contribution in [1.29, 1.82) is 0 Å². The number of halogens is 1. The number of nitrogens with zero attached hydrogens (tertiary/aromatic N) is 1. The van der Waals surface area contributed by atoms with Crippen LogP contribution in [0.4, 0.5) is 10.5 Å². The van der Waals surface area contributed by atoms with E-state index in [9.17, 15) is 13.2 Å². The zero-order valence-electron chi connectivity index (χ0n) is 13.9. The van der Waals surface area contributed by atoms with E-state index in [1.54, 1.807) is 43.4 Å². The topological polar surface area (TPSA) is 75.7 Å². The highest BCUT2D eigenvalue weighted by molar-refractivity contribution is 7.90. The molecule has 0 spiro atoms. The van der Waals surface area contributed by atoms with Crippen LogP contribution in [0.1, 0.15) is 0 Å². The molecule has 1 N–H and O–H groups in total. The van der Waals surface area contributed by atoms with Crippen LogP contribution >= 0.6 is 11.6 Å². The normalized spacial score (nSPS) is 11.0. The summed E-state index contributed by atoms with van der Waals surface area (Å²) in [5.41, 5.74) is 0.517. The number of sulfone groups is 1. The van der Waals surface area contributed by atoms with Gasteiger partial charge < -0.3 is 15.0 Å². The van der Waals surface area contributed by atoms with Gasteiger partial charge in [0.1, 0.15) is 12.4 Å². The van der Waals surface area contributed by atoms with E-state index in [0.29, 0.717) is 29.6 Å². The third-order valence-electron chi connectivity index (χ3n) is 3.39. The van der Waals surface area contributed by atoms with Gasteiger partial charge in [0.05, 0.1) is 11.4 Å². The maximum absolute atomic E-state index is 12.1. The number of carbonyl (C=O) groups is 1. The molecular formula is C17H19ClN2O4S. The summed E-state index contributed by atoms with van der Waals surface area (Å²) >= 11 is 5.80. The Balaban J connectivity index is 1.82. The van der Waals surface area contributed by atoms with Crippen LogP contribution in [-0.4, -0.2) is 45.8 Å². The fourth-order valence-electron chi connectivity index (χ4n) is 1.94. The molecule has 8 heteroatoms. The number of carbonyl (C=O) groups excluding carboxylic acids is 1. The van der Waals surface area contributed by atoms with Crippen LogP contribution in [-0.2, 0) is 9.84 Å². The Morgan fingerprint density at radius 2 is 1.72 bits per heavy atom. The highest BCUT2D eigenvalue weighted by Crippen LogP contribution is 2.16. The third-order valence-corrected chi connectivity index (χ3v) is 4.77. The van der Waals surface area contributed by atoms with Crippen molar-refractivity contribution in [2.75, 3.05) is 31.8 Å². The monoisotopic (exact) mass is 382 g/mol. The molecule has 2 aromatic rings. The zero-order chi connectivity index (χ0) is 18.4. The van der Waals surface area contributed by atoms with E-state index < -0.39 is 9.84 Å². The average molecular weight is 383 g/mol. The molecule has 0 atom stereocenters. The molecule has 0 radical (unpaired) electrons. The van der Waals surface area contributed by atoms with Crippen LogP contribution in [0, 0.1) is 0 Å². The molecule has 25 heavy (non-hydrogen) atoms. The summed E-state index contributed by atoms with van der Waals surface area (Å²) in [7, 11) is -1.61. The second-order valence-corrected chi connectivity index (χ2v) is 7.90. The van der Waals surface area contributed by atoms with Gasteiger partial charge in [0, 0.05) is 24.0 Å². The van der Waals surface area contributed by atoms with Crippen LogP contribution in [0.3, 0.4) is 0 Å². The molecule has 2 rings (SSSR count). The van der Waals surface area contributed by atoms with Crippen molar-refractivity contribution >= 4 is 33.2 Å². The van der Waals surface area contributed by atoms with Crippen LogP contribution in [0.25, 0.3) is 0 Å². The van der Waals surface area contributed by atoms with Crippen molar-refractivity contribution in [2.24, 2.45) is 0 Å². The smallest absolute Gasteiger partial charge is 0.321 e. The molecule has 0 aromatic heterocycles. The SMILES string of the molecule is CN(CCOc1ccc(Cl)cc1)C(=O)Nc1ccc(S(C)(=O)=O)cc1. The van der Waals surface area contributed by atoms with Gasteiger partial charge >= 0.3 is 6.03 Å². The number of nitrogens with one attached hydrogen (secondary N) is 1. The van der Waals surface area contributed by atoms with Crippen molar-refractivity contribution in [3.63, 3.8) is 0 Å². The van der Waals surface area contributed by atoms with Crippen LogP contribution in [0.2, 0.25) is 5.02 Å². The molecule has 0 aliphatic carbocycles. The molecule has 134 valence electrons. The molecule has 0 saturated heterocycles. The van der Waals surface area contributed by atoms with E-state index in [0.717, 1.165) is 6.26 Å². The number of ether oxygens (including phenoxy) is 1. The Morgan fingerprint density at radius 1 is 1.12 bits per heavy atom. The Bertz CT molecular complexity index is 821. The summed E-state index contributed by atoms with van der Waals surface area (Å²) < 4.78 is 28.4. The lowest BCUT2D eigenvalue weighted by molar-refractivity contribution is 0.207. The second kappa shape index (κ2) is 8.22. The summed E-state index contributed by atoms with van der Waals surface area (Å²) in [4.78, 5) is 13.8. The number of likely N-dealkylation sites (N-methyl/N-ethyl adjacent to an activating group) is 1. The fourth-order valence-corrected chi connectivity index (χ4v) is 2.69. The minimum absolute atomic E-state index is 0.204. The van der Waals surface area contributed by atoms with Gasteiger partial charge in [-0.25, -0.2) is 13.2 Å². The number of benzene rings is 2. The van der Waals surface area contributed by atoms with Crippen LogP contribution in [0.15, 0.2) is 53.4 Å². The maximum atomic E-state index is 12.1. The number of hydrogen-bond donors (Lipinski definition) is 1. The number of hydrogen-bond acceptors (Lipinski definition) is 4. The van der Waals surface area contributed by atoms with Gasteiger partial charge in [0.2, 0.25) is 0 Å². The number of amides is 2. The quantitative estimate of drug-likeness (QED) is 0.831. The van der Waals surface area contributed by atoms with Gasteiger partial charge in [0.25, 0.3) is 0 Å². The first-order valence-corrected chi connectivity index (χ1v) is 9.73. The van der Waals surface area contributed by atoms with Crippen LogP contribution < -0.4 is 10.1 Å². The molecule has 0 saturated carbocycles. The van der Waals surface area contributed by atoms with Gasteiger partial charge in [-0.05, 0) is 48.5 Å². The molecule has 0 unspecified atom stereocenters. The van der Waals surface area contributed by atoms with E-state index in [1.165, 1.54) is 17.0 Å². The summed E-state index contributed by atoms with van der Waals surface area (Å²) in [5, 5.41) is 3.33. The Hall–Kier alpha value is -2.25. The molecule has 6 nitrogen and oxygen atoms in total. The number of urea groups is 1. The van der Waals surface area contributed by atoms with E-state index in [4.69, 9.17) is 16.3 Å². The largest absolute Gasteiger partial charge is 0.492 e. The summed E-state index contributed by atoms with van der Waals surface area (Å²) in [6.45, 7) is 0.717. The van der Waals surface area contributed by atoms with Crippen molar-refractivity contribution in [2.45, 2.75) is 4.90 Å². The first-order valence-electron chi connectivity index (χ1n) is 7.46. The Kier molecular flexibility index (Phi) is 6.27. The minimum Gasteiger partial charge on any atom is -0.492 e. The Labute approximate surface area is 152 Å². The molecule has 2 aromatic carbocycles. The molecule has 0 bridgehead atoms. The first kappa shape index (κ1) is 19.1. The summed E-state index contributed by atoms with van der Waals surface area (Å²) in [5.74, 6) is 0.676. The van der Waals surface area contributed by atoms with E-state index in [1.807, 2.05) is 0 Å². The van der Waals surface area contributed by atoms with Crippen LogP contribution in [0.5, 0.6) is 5.75 Å². The summed E-state index contributed by atoms with van der Waals surface area (Å²) in [6, 6.07) is 12.7. The van der Waals surface area contributed by atoms with Crippen molar-refractivity contribution in [1.82, 2.24) is 4.90 Å². The van der Waals surface area contributed by atoms with Crippen molar-refractivity contribution in [3.05, 3.63) is 53.6 Å². The summed E-state index contributed by atoms with van der Waals surface area (Å²) in [6.07, 6.45) is 1.13. The van der Waals surface area contributed by atoms with Gasteiger partial charge in [0.15, 0.2) is 9.84 Å². The lowest BCUT2D eigenvalue weighted by Crippen LogP contribution is -2.34. The average Bonchev–Trinajstić information content (AvgIpc) is 2.56.